The van der Waals surface area contributed by atoms with Crippen LogP contribution < -0.4 is 0 Å². The monoisotopic (exact) mass is 512 g/mol. The van der Waals surface area contributed by atoms with Gasteiger partial charge < -0.3 is 14.6 Å². The van der Waals surface area contributed by atoms with Crippen molar-refractivity contribution in [2.45, 2.75) is 174 Å². The minimum atomic E-state index is -0.757. The van der Waals surface area contributed by atoms with Gasteiger partial charge in [-0.15, -0.1) is 0 Å². The number of unbranched alkanes of at least 4 members (excludes halogenated alkanes) is 20. The highest BCUT2D eigenvalue weighted by atomic mass is 16.6. The minimum Gasteiger partial charge on any atom is -0.462 e. The largest absolute Gasteiger partial charge is 0.462 e. The van der Waals surface area contributed by atoms with Crippen molar-refractivity contribution in [3.63, 3.8) is 0 Å². The molecule has 0 saturated carbocycles. The lowest BCUT2D eigenvalue weighted by Crippen LogP contribution is -2.28. The Labute approximate surface area is 223 Å². The van der Waals surface area contributed by atoms with Crippen molar-refractivity contribution in [3.05, 3.63) is 0 Å². The highest BCUT2D eigenvalue weighted by Gasteiger charge is 2.16. The standard InChI is InChI=1S/C31H60O5/c1-3-5-7-9-10-11-12-13-14-15-16-17-18-19-20-21-22-24-26-31(34)36-29(27-32)28-35-30(33)25-23-8-6-4-2/h29,32H,3-28H2,1-2H3. The zero-order valence-corrected chi connectivity index (χ0v) is 24.0. The fraction of sp³-hybridized carbons (Fsp3) is 0.935. The summed E-state index contributed by atoms with van der Waals surface area (Å²) in [6.45, 7) is 4.01. The van der Waals surface area contributed by atoms with Gasteiger partial charge in [0.25, 0.3) is 0 Å². The molecule has 36 heavy (non-hydrogen) atoms. The van der Waals surface area contributed by atoms with E-state index in [0.717, 1.165) is 44.9 Å². The van der Waals surface area contributed by atoms with Crippen LogP contribution in [0.2, 0.25) is 0 Å². The van der Waals surface area contributed by atoms with Crippen LogP contribution in [0.5, 0.6) is 0 Å². The van der Waals surface area contributed by atoms with Gasteiger partial charge in [0.15, 0.2) is 6.10 Å². The smallest absolute Gasteiger partial charge is 0.306 e. The predicted octanol–water partition coefficient (Wildman–Crippen LogP) is 8.84. The van der Waals surface area contributed by atoms with Gasteiger partial charge in [0, 0.05) is 12.8 Å². The van der Waals surface area contributed by atoms with E-state index in [2.05, 4.69) is 13.8 Å². The number of ether oxygens (including phenoxy) is 2. The van der Waals surface area contributed by atoms with E-state index in [0.29, 0.717) is 12.8 Å². The van der Waals surface area contributed by atoms with Crippen molar-refractivity contribution in [2.75, 3.05) is 13.2 Å². The van der Waals surface area contributed by atoms with E-state index in [4.69, 9.17) is 9.47 Å². The summed E-state index contributed by atoms with van der Waals surface area (Å²) in [5.74, 6) is -0.603. The van der Waals surface area contributed by atoms with Crippen LogP contribution in [0.15, 0.2) is 0 Å². The zero-order valence-electron chi connectivity index (χ0n) is 24.0. The summed E-state index contributed by atoms with van der Waals surface area (Å²) in [5, 5.41) is 9.39. The van der Waals surface area contributed by atoms with E-state index in [1.165, 1.54) is 96.3 Å². The van der Waals surface area contributed by atoms with Crippen LogP contribution >= 0.6 is 0 Å². The van der Waals surface area contributed by atoms with Crippen LogP contribution in [0.25, 0.3) is 0 Å². The summed E-state index contributed by atoms with van der Waals surface area (Å²) < 4.78 is 10.4. The molecular formula is C31H60O5. The third-order valence-electron chi connectivity index (χ3n) is 6.90. The molecule has 0 aliphatic carbocycles. The molecule has 0 bridgehead atoms. The number of hydrogen-bond donors (Lipinski definition) is 1. The molecule has 1 unspecified atom stereocenters. The third-order valence-corrected chi connectivity index (χ3v) is 6.90. The first-order valence-corrected chi connectivity index (χ1v) is 15.6. The maximum Gasteiger partial charge on any atom is 0.306 e. The fourth-order valence-corrected chi connectivity index (χ4v) is 4.49. The first-order chi connectivity index (χ1) is 17.6. The first-order valence-electron chi connectivity index (χ1n) is 15.6. The molecule has 1 atom stereocenters. The van der Waals surface area contributed by atoms with Crippen LogP contribution in [-0.2, 0) is 19.1 Å². The zero-order chi connectivity index (χ0) is 26.5. The van der Waals surface area contributed by atoms with Crippen LogP contribution in [0.3, 0.4) is 0 Å². The normalized spacial score (nSPS) is 12.0. The van der Waals surface area contributed by atoms with Gasteiger partial charge in [-0.3, -0.25) is 9.59 Å². The Morgan fingerprint density at radius 1 is 0.528 bits per heavy atom. The predicted molar refractivity (Wildman–Crippen MR) is 150 cm³/mol. The summed E-state index contributed by atoms with van der Waals surface area (Å²) in [6, 6.07) is 0. The van der Waals surface area contributed by atoms with Crippen LogP contribution in [-0.4, -0.2) is 36.4 Å². The third kappa shape index (κ3) is 26.0. The Morgan fingerprint density at radius 2 is 0.861 bits per heavy atom. The van der Waals surface area contributed by atoms with Crippen LogP contribution in [0, 0.1) is 0 Å². The fourth-order valence-electron chi connectivity index (χ4n) is 4.49. The molecular weight excluding hydrogens is 452 g/mol. The number of esters is 2. The van der Waals surface area contributed by atoms with Gasteiger partial charge in [-0.2, -0.15) is 0 Å². The molecule has 1 N–H and O–H groups in total. The second kappa shape index (κ2) is 28.5. The molecule has 0 aliphatic heterocycles. The Morgan fingerprint density at radius 3 is 1.25 bits per heavy atom. The van der Waals surface area contributed by atoms with Crippen molar-refractivity contribution >= 4 is 11.9 Å². The number of hydrogen-bond acceptors (Lipinski definition) is 5. The van der Waals surface area contributed by atoms with Crippen molar-refractivity contribution in [2.24, 2.45) is 0 Å². The molecule has 5 nitrogen and oxygen atoms in total. The molecule has 0 saturated heterocycles. The Bertz CT molecular complexity index is 480. The highest BCUT2D eigenvalue weighted by molar-refractivity contribution is 5.70. The molecule has 0 heterocycles. The molecule has 0 aromatic carbocycles. The molecule has 0 rings (SSSR count). The number of carbonyl (C=O) groups excluding carboxylic acids is 2. The van der Waals surface area contributed by atoms with Gasteiger partial charge in [-0.25, -0.2) is 0 Å². The minimum absolute atomic E-state index is 0.0615. The lowest BCUT2D eigenvalue weighted by atomic mass is 10.0. The lowest BCUT2D eigenvalue weighted by Gasteiger charge is -2.15. The molecule has 214 valence electrons. The van der Waals surface area contributed by atoms with Gasteiger partial charge in [0.1, 0.15) is 6.61 Å². The second-order valence-electron chi connectivity index (χ2n) is 10.5. The molecule has 5 heteroatoms. The van der Waals surface area contributed by atoms with Gasteiger partial charge in [-0.1, -0.05) is 142 Å². The van der Waals surface area contributed by atoms with E-state index >= 15 is 0 Å². The number of carbonyl (C=O) groups is 2. The lowest BCUT2D eigenvalue weighted by molar-refractivity contribution is -0.161. The topological polar surface area (TPSA) is 72.8 Å². The maximum atomic E-state index is 12.0. The van der Waals surface area contributed by atoms with Crippen molar-refractivity contribution in [1.29, 1.82) is 0 Å². The average molecular weight is 513 g/mol. The first kappa shape index (κ1) is 34.9. The van der Waals surface area contributed by atoms with E-state index in [-0.39, 0.29) is 25.2 Å². The molecule has 0 aromatic heterocycles. The van der Waals surface area contributed by atoms with E-state index in [1.54, 1.807) is 0 Å². The molecule has 0 radical (unpaired) electrons. The van der Waals surface area contributed by atoms with Gasteiger partial charge in [0.05, 0.1) is 6.61 Å². The SMILES string of the molecule is CCCCCCCCCCCCCCCCCCCCC(=O)OC(CO)COC(=O)CCCCCC. The Kier molecular flexibility index (Phi) is 27.6. The average Bonchev–Trinajstić information content (AvgIpc) is 2.88. The molecule has 0 amide bonds. The maximum absolute atomic E-state index is 12.0. The molecule has 0 aliphatic rings. The number of aliphatic hydroxyl groups excluding tert-OH is 1. The summed E-state index contributed by atoms with van der Waals surface area (Å²) in [7, 11) is 0. The summed E-state index contributed by atoms with van der Waals surface area (Å²) >= 11 is 0. The molecule has 0 aromatic rings. The Balaban J connectivity index is 3.43. The van der Waals surface area contributed by atoms with Crippen molar-refractivity contribution in [3.8, 4) is 0 Å². The number of aliphatic hydroxyl groups is 1. The quantitative estimate of drug-likeness (QED) is 0.0837. The van der Waals surface area contributed by atoms with Crippen LogP contribution in [0.1, 0.15) is 168 Å². The highest BCUT2D eigenvalue weighted by Crippen LogP contribution is 2.15. The summed E-state index contributed by atoms with van der Waals surface area (Å²) in [4.78, 5) is 23.7. The van der Waals surface area contributed by atoms with Gasteiger partial charge >= 0.3 is 11.9 Å². The van der Waals surface area contributed by atoms with E-state index in [9.17, 15) is 14.7 Å². The van der Waals surface area contributed by atoms with E-state index in [1.807, 2.05) is 0 Å². The molecule has 0 spiro atoms. The van der Waals surface area contributed by atoms with Gasteiger partial charge in [-0.05, 0) is 12.8 Å². The second-order valence-corrected chi connectivity index (χ2v) is 10.5. The Hall–Kier alpha value is -1.10. The van der Waals surface area contributed by atoms with Crippen molar-refractivity contribution in [1.82, 2.24) is 0 Å². The van der Waals surface area contributed by atoms with Crippen molar-refractivity contribution < 1.29 is 24.2 Å². The number of rotatable bonds is 28. The molecule has 0 fully saturated rings. The summed E-state index contributed by atoms with van der Waals surface area (Å²) in [6.07, 6.45) is 27.7. The van der Waals surface area contributed by atoms with E-state index < -0.39 is 6.10 Å². The van der Waals surface area contributed by atoms with Crippen LogP contribution in [0.4, 0.5) is 0 Å². The van der Waals surface area contributed by atoms with Gasteiger partial charge in [0.2, 0.25) is 0 Å². The summed E-state index contributed by atoms with van der Waals surface area (Å²) in [5.41, 5.74) is 0.